The molecule has 0 N–H and O–H groups in total. The Hall–Kier alpha value is -3.05. The second kappa shape index (κ2) is 8.97. The van der Waals surface area contributed by atoms with Gasteiger partial charge in [-0.25, -0.2) is 4.79 Å². The number of aryl methyl sites for hydroxylation is 1. The number of pyridine rings is 1. The minimum Gasteiger partial charge on any atom is -0.462 e. The number of nitrogens with zero attached hydrogens (tertiary/aromatic N) is 2. The maximum absolute atomic E-state index is 11.8. The van der Waals surface area contributed by atoms with Crippen molar-refractivity contribution in [3.8, 4) is 11.3 Å². The molecule has 4 aromatic rings. The van der Waals surface area contributed by atoms with Gasteiger partial charge in [-0.2, -0.15) is 0 Å². The number of ether oxygens (including phenoxy) is 1. The maximum Gasteiger partial charge on any atom is 0.338 e. The van der Waals surface area contributed by atoms with Crippen molar-refractivity contribution in [3.63, 3.8) is 0 Å². The molecule has 0 aliphatic carbocycles. The lowest BCUT2D eigenvalue weighted by atomic mass is 10.2. The average molecular weight is 403 g/mol. The van der Waals surface area contributed by atoms with Gasteiger partial charge in [0.15, 0.2) is 0 Å². The summed E-state index contributed by atoms with van der Waals surface area (Å²) in [6, 6.07) is 22.4. The van der Waals surface area contributed by atoms with E-state index in [1.54, 1.807) is 18.0 Å². The van der Waals surface area contributed by atoms with Crippen LogP contribution < -0.4 is 0 Å². The van der Waals surface area contributed by atoms with Crippen molar-refractivity contribution in [2.75, 3.05) is 12.4 Å². The summed E-state index contributed by atoms with van der Waals surface area (Å²) in [6.07, 6.45) is 3.71. The molecule has 4 nitrogen and oxygen atoms in total. The molecule has 0 fully saturated rings. The Balaban J connectivity index is 1.51. The number of esters is 1. The van der Waals surface area contributed by atoms with E-state index >= 15 is 0 Å². The van der Waals surface area contributed by atoms with Crippen molar-refractivity contribution < 1.29 is 9.53 Å². The molecule has 0 radical (unpaired) electrons. The summed E-state index contributed by atoms with van der Waals surface area (Å²) in [6.45, 7) is 3.08. The molecule has 5 heteroatoms. The Bertz CT molecular complexity index is 1100. The van der Waals surface area contributed by atoms with Crippen LogP contribution in [0.4, 0.5) is 0 Å². The third kappa shape index (κ3) is 4.35. The summed E-state index contributed by atoms with van der Waals surface area (Å²) in [5.74, 6) is 0.647. The number of thioether (sulfide) groups is 1. The van der Waals surface area contributed by atoms with Gasteiger partial charge in [0.1, 0.15) is 0 Å². The van der Waals surface area contributed by atoms with Gasteiger partial charge in [-0.15, -0.1) is 11.8 Å². The highest BCUT2D eigenvalue weighted by molar-refractivity contribution is 7.99. The van der Waals surface area contributed by atoms with E-state index in [0.717, 1.165) is 22.8 Å². The molecule has 0 unspecified atom stereocenters. The van der Waals surface area contributed by atoms with Gasteiger partial charge < -0.3 is 9.30 Å². The first-order valence-electron chi connectivity index (χ1n) is 9.65. The molecule has 0 amide bonds. The summed E-state index contributed by atoms with van der Waals surface area (Å²) in [7, 11) is 0. The number of carbonyl (C=O) groups is 1. The van der Waals surface area contributed by atoms with Crippen molar-refractivity contribution in [1.29, 1.82) is 0 Å². The average Bonchev–Trinajstić information content (AvgIpc) is 3.14. The summed E-state index contributed by atoms with van der Waals surface area (Å²) in [4.78, 5) is 17.2. The lowest BCUT2D eigenvalue weighted by Gasteiger charge is -2.11. The lowest BCUT2D eigenvalue weighted by Crippen LogP contribution is -2.04. The Morgan fingerprint density at radius 3 is 2.66 bits per heavy atom. The Morgan fingerprint density at radius 2 is 1.90 bits per heavy atom. The van der Waals surface area contributed by atoms with Crippen LogP contribution >= 0.6 is 11.8 Å². The largest absolute Gasteiger partial charge is 0.462 e. The molecule has 2 heterocycles. The lowest BCUT2D eigenvalue weighted by molar-refractivity contribution is 0.0526. The Morgan fingerprint density at radius 1 is 1.07 bits per heavy atom. The van der Waals surface area contributed by atoms with Gasteiger partial charge in [0.05, 0.1) is 17.9 Å². The number of carbonyl (C=O) groups excluding carboxylic acids is 1. The summed E-state index contributed by atoms with van der Waals surface area (Å²) < 4.78 is 7.39. The van der Waals surface area contributed by atoms with Gasteiger partial charge in [0, 0.05) is 46.1 Å². The SMILES string of the molecule is CCOC(=O)c1ccc(SCCn2c(-c3cccnc3)cc3ccccc32)cc1. The zero-order valence-electron chi connectivity index (χ0n) is 16.2. The van der Waals surface area contributed by atoms with E-state index < -0.39 is 0 Å². The fraction of sp³-hybridized carbons (Fsp3) is 0.167. The minimum absolute atomic E-state index is 0.274. The predicted octanol–water partition coefficient (Wildman–Crippen LogP) is 5.67. The van der Waals surface area contributed by atoms with Crippen molar-refractivity contribution in [2.24, 2.45) is 0 Å². The molecular formula is C24H22N2O2S. The zero-order valence-corrected chi connectivity index (χ0v) is 17.1. The first kappa shape index (κ1) is 19.3. The van der Waals surface area contributed by atoms with Gasteiger partial charge in [-0.3, -0.25) is 4.98 Å². The van der Waals surface area contributed by atoms with Gasteiger partial charge in [0.2, 0.25) is 0 Å². The minimum atomic E-state index is -0.274. The quantitative estimate of drug-likeness (QED) is 0.295. The van der Waals surface area contributed by atoms with Crippen LogP contribution in [0.3, 0.4) is 0 Å². The molecule has 0 saturated carbocycles. The van der Waals surface area contributed by atoms with Crippen molar-refractivity contribution in [3.05, 3.63) is 84.7 Å². The van der Waals surface area contributed by atoms with Crippen molar-refractivity contribution >= 4 is 28.6 Å². The summed E-state index contributed by atoms with van der Waals surface area (Å²) in [5.41, 5.74) is 4.11. The molecule has 146 valence electrons. The second-order valence-electron chi connectivity index (χ2n) is 6.58. The molecule has 29 heavy (non-hydrogen) atoms. The molecule has 0 aliphatic heterocycles. The van der Waals surface area contributed by atoms with Crippen LogP contribution in [-0.2, 0) is 11.3 Å². The van der Waals surface area contributed by atoms with E-state index in [4.69, 9.17) is 4.74 Å². The highest BCUT2D eigenvalue weighted by Crippen LogP contribution is 2.29. The molecule has 0 bridgehead atoms. The van der Waals surface area contributed by atoms with Gasteiger partial charge in [0.25, 0.3) is 0 Å². The smallest absolute Gasteiger partial charge is 0.338 e. The fourth-order valence-electron chi connectivity index (χ4n) is 3.36. The highest BCUT2D eigenvalue weighted by atomic mass is 32.2. The van der Waals surface area contributed by atoms with Crippen LogP contribution in [0, 0.1) is 0 Å². The highest BCUT2D eigenvalue weighted by Gasteiger charge is 2.11. The third-order valence-corrected chi connectivity index (χ3v) is 5.71. The fourth-order valence-corrected chi connectivity index (χ4v) is 4.20. The number of aromatic nitrogens is 2. The van der Waals surface area contributed by atoms with Crippen LogP contribution in [-0.4, -0.2) is 27.9 Å². The summed E-state index contributed by atoms with van der Waals surface area (Å²) in [5, 5.41) is 1.23. The molecule has 4 rings (SSSR count). The van der Waals surface area contributed by atoms with E-state index in [9.17, 15) is 4.79 Å². The molecule has 0 saturated heterocycles. The Labute approximate surface area is 174 Å². The third-order valence-electron chi connectivity index (χ3n) is 4.72. The topological polar surface area (TPSA) is 44.1 Å². The van der Waals surface area contributed by atoms with Gasteiger partial charge in [-0.1, -0.05) is 18.2 Å². The monoisotopic (exact) mass is 402 g/mol. The molecule has 2 aromatic carbocycles. The number of rotatable bonds is 7. The molecule has 0 aliphatic rings. The van der Waals surface area contributed by atoms with Crippen LogP contribution in [0.5, 0.6) is 0 Å². The van der Waals surface area contributed by atoms with E-state index in [1.807, 2.05) is 43.5 Å². The van der Waals surface area contributed by atoms with Crippen LogP contribution in [0.25, 0.3) is 22.2 Å². The van der Waals surface area contributed by atoms with Crippen LogP contribution in [0.2, 0.25) is 0 Å². The Kier molecular flexibility index (Phi) is 5.96. The maximum atomic E-state index is 11.8. The number of para-hydroxylation sites is 1. The number of hydrogen-bond acceptors (Lipinski definition) is 4. The van der Waals surface area contributed by atoms with Gasteiger partial charge in [-0.05, 0) is 55.5 Å². The van der Waals surface area contributed by atoms with E-state index in [2.05, 4.69) is 45.9 Å². The number of benzene rings is 2. The summed E-state index contributed by atoms with van der Waals surface area (Å²) >= 11 is 1.78. The van der Waals surface area contributed by atoms with E-state index in [1.165, 1.54) is 16.6 Å². The van der Waals surface area contributed by atoms with Crippen LogP contribution in [0.15, 0.2) is 84.0 Å². The zero-order chi connectivity index (χ0) is 20.1. The molecular weight excluding hydrogens is 380 g/mol. The van der Waals surface area contributed by atoms with E-state index in [0.29, 0.717) is 12.2 Å². The molecule has 0 spiro atoms. The first-order valence-corrected chi connectivity index (χ1v) is 10.6. The first-order chi connectivity index (χ1) is 14.3. The number of fused-ring (bicyclic) bond motifs is 1. The number of hydrogen-bond donors (Lipinski definition) is 0. The van der Waals surface area contributed by atoms with E-state index in [-0.39, 0.29) is 5.97 Å². The standard InChI is InChI=1S/C24H22N2O2S/c1-2-28-24(27)18-9-11-21(12-10-18)29-15-14-26-22-8-4-3-6-19(22)16-23(26)20-7-5-13-25-17-20/h3-13,16-17H,2,14-15H2,1H3. The molecule has 0 atom stereocenters. The predicted molar refractivity (Wildman–Crippen MR) is 118 cm³/mol. The second-order valence-corrected chi connectivity index (χ2v) is 7.74. The normalized spacial score (nSPS) is 10.9. The van der Waals surface area contributed by atoms with Crippen molar-refractivity contribution in [2.45, 2.75) is 18.4 Å². The molecule has 2 aromatic heterocycles. The van der Waals surface area contributed by atoms with Crippen molar-refractivity contribution in [1.82, 2.24) is 9.55 Å². The van der Waals surface area contributed by atoms with Crippen LogP contribution in [0.1, 0.15) is 17.3 Å². The van der Waals surface area contributed by atoms with Gasteiger partial charge >= 0.3 is 5.97 Å².